The highest BCUT2D eigenvalue weighted by Crippen LogP contribution is 2.31. The molecule has 0 saturated carbocycles. The smallest absolute Gasteiger partial charge is 0.0456 e. The molecule has 18 heavy (non-hydrogen) atoms. The van der Waals surface area contributed by atoms with Crippen LogP contribution >= 0.6 is 46.4 Å². The van der Waals surface area contributed by atoms with Crippen LogP contribution in [0, 0.1) is 6.92 Å². The summed E-state index contributed by atoms with van der Waals surface area (Å²) in [6, 6.07) is 9.17. The standard InChI is InChI=1S/C14H10Cl4/c1-8-5-9(14(18)7-13(8)17)6-10-11(15)3-2-4-12(10)16/h2-5,7H,6H2,1H3. The van der Waals surface area contributed by atoms with E-state index >= 15 is 0 Å². The fourth-order valence-electron chi connectivity index (χ4n) is 1.74. The summed E-state index contributed by atoms with van der Waals surface area (Å²) in [5.74, 6) is 0. The van der Waals surface area contributed by atoms with Gasteiger partial charge in [-0.1, -0.05) is 58.5 Å². The van der Waals surface area contributed by atoms with E-state index in [4.69, 9.17) is 46.4 Å². The maximum Gasteiger partial charge on any atom is 0.0456 e. The van der Waals surface area contributed by atoms with Crippen LogP contribution in [0.15, 0.2) is 30.3 Å². The van der Waals surface area contributed by atoms with Gasteiger partial charge in [0.1, 0.15) is 0 Å². The summed E-state index contributed by atoms with van der Waals surface area (Å²) in [4.78, 5) is 0. The van der Waals surface area contributed by atoms with Crippen LogP contribution in [0.25, 0.3) is 0 Å². The molecule has 4 heteroatoms. The largest absolute Gasteiger partial charge is 0.0840 e. The summed E-state index contributed by atoms with van der Waals surface area (Å²) in [7, 11) is 0. The van der Waals surface area contributed by atoms with Crippen molar-refractivity contribution in [3.8, 4) is 0 Å². The van der Waals surface area contributed by atoms with Gasteiger partial charge in [0.2, 0.25) is 0 Å². The molecule has 0 aliphatic carbocycles. The molecule has 0 radical (unpaired) electrons. The second-order valence-corrected chi connectivity index (χ2v) is 5.70. The SMILES string of the molecule is Cc1cc(Cc2c(Cl)cccc2Cl)c(Cl)cc1Cl. The summed E-state index contributed by atoms with van der Waals surface area (Å²) >= 11 is 24.5. The third kappa shape index (κ3) is 2.95. The van der Waals surface area contributed by atoms with E-state index < -0.39 is 0 Å². The monoisotopic (exact) mass is 318 g/mol. The van der Waals surface area contributed by atoms with Crippen molar-refractivity contribution in [1.29, 1.82) is 0 Å². The molecule has 0 unspecified atom stereocenters. The zero-order valence-corrected chi connectivity index (χ0v) is 12.6. The maximum atomic E-state index is 6.19. The first kappa shape index (κ1) is 14.0. The van der Waals surface area contributed by atoms with Gasteiger partial charge in [0.15, 0.2) is 0 Å². The molecule has 0 saturated heterocycles. The van der Waals surface area contributed by atoms with E-state index in [0.717, 1.165) is 16.7 Å². The highest BCUT2D eigenvalue weighted by molar-refractivity contribution is 6.36. The molecular weight excluding hydrogens is 310 g/mol. The van der Waals surface area contributed by atoms with Gasteiger partial charge in [-0.2, -0.15) is 0 Å². The fraction of sp³-hybridized carbons (Fsp3) is 0.143. The van der Waals surface area contributed by atoms with Gasteiger partial charge in [-0.3, -0.25) is 0 Å². The second-order valence-electron chi connectivity index (χ2n) is 4.07. The normalized spacial score (nSPS) is 10.7. The summed E-state index contributed by atoms with van der Waals surface area (Å²) in [6.07, 6.45) is 0.593. The third-order valence-corrected chi connectivity index (χ3v) is 4.22. The van der Waals surface area contributed by atoms with E-state index in [9.17, 15) is 0 Å². The van der Waals surface area contributed by atoms with Crippen LogP contribution in [0.2, 0.25) is 20.1 Å². The van der Waals surface area contributed by atoms with Crippen LogP contribution < -0.4 is 0 Å². The molecule has 2 aromatic rings. The quantitative estimate of drug-likeness (QED) is 0.618. The molecule has 94 valence electrons. The van der Waals surface area contributed by atoms with Crippen LogP contribution in [0.1, 0.15) is 16.7 Å². The first-order valence-corrected chi connectivity index (χ1v) is 6.87. The predicted molar refractivity (Wildman–Crippen MR) is 80.5 cm³/mol. The number of aryl methyl sites for hydroxylation is 1. The van der Waals surface area contributed by atoms with E-state index in [1.165, 1.54) is 0 Å². The molecule has 0 aliphatic heterocycles. The number of benzene rings is 2. The van der Waals surface area contributed by atoms with E-state index in [2.05, 4.69) is 0 Å². The van der Waals surface area contributed by atoms with E-state index in [1.807, 2.05) is 31.2 Å². The van der Waals surface area contributed by atoms with Gasteiger partial charge in [-0.15, -0.1) is 0 Å². The van der Waals surface area contributed by atoms with Gasteiger partial charge in [0.25, 0.3) is 0 Å². The van der Waals surface area contributed by atoms with Crippen molar-refractivity contribution in [2.24, 2.45) is 0 Å². The molecular formula is C14H10Cl4. The molecule has 2 rings (SSSR count). The molecule has 0 aromatic heterocycles. The Morgan fingerprint density at radius 3 is 2.06 bits per heavy atom. The van der Waals surface area contributed by atoms with Gasteiger partial charge >= 0.3 is 0 Å². The maximum absolute atomic E-state index is 6.19. The Morgan fingerprint density at radius 1 is 0.833 bits per heavy atom. The molecule has 0 aliphatic rings. The second kappa shape index (κ2) is 5.71. The minimum atomic E-state index is 0.593. The molecule has 0 heterocycles. The van der Waals surface area contributed by atoms with Gasteiger partial charge < -0.3 is 0 Å². The molecule has 0 atom stereocenters. The highest BCUT2D eigenvalue weighted by atomic mass is 35.5. The lowest BCUT2D eigenvalue weighted by Gasteiger charge is -2.10. The van der Waals surface area contributed by atoms with Crippen molar-refractivity contribution in [2.45, 2.75) is 13.3 Å². The van der Waals surface area contributed by atoms with Gasteiger partial charge in [0, 0.05) is 26.5 Å². The van der Waals surface area contributed by atoms with Crippen LogP contribution in [0.3, 0.4) is 0 Å². The Bertz CT molecular complexity index is 570. The van der Waals surface area contributed by atoms with Crippen molar-refractivity contribution in [1.82, 2.24) is 0 Å². The highest BCUT2D eigenvalue weighted by Gasteiger charge is 2.10. The van der Waals surface area contributed by atoms with Gasteiger partial charge in [-0.05, 0) is 41.8 Å². The molecule has 0 bridgehead atoms. The van der Waals surface area contributed by atoms with Crippen LogP contribution in [-0.4, -0.2) is 0 Å². The van der Waals surface area contributed by atoms with Crippen molar-refractivity contribution >= 4 is 46.4 Å². The predicted octanol–water partition coefficient (Wildman–Crippen LogP) is 6.20. The number of hydrogen-bond donors (Lipinski definition) is 0. The average molecular weight is 320 g/mol. The Hall–Kier alpha value is -0.400. The third-order valence-electron chi connectivity index (χ3n) is 2.76. The summed E-state index contributed by atoms with van der Waals surface area (Å²) in [6.45, 7) is 1.94. The van der Waals surface area contributed by atoms with E-state index in [0.29, 0.717) is 26.5 Å². The van der Waals surface area contributed by atoms with Gasteiger partial charge in [0.05, 0.1) is 0 Å². The summed E-state index contributed by atoms with van der Waals surface area (Å²) in [5, 5.41) is 2.58. The van der Waals surface area contributed by atoms with Crippen LogP contribution in [0.5, 0.6) is 0 Å². The Morgan fingerprint density at radius 2 is 1.44 bits per heavy atom. The number of halogens is 4. The first-order chi connectivity index (χ1) is 8.49. The van der Waals surface area contributed by atoms with Crippen molar-refractivity contribution in [2.75, 3.05) is 0 Å². The summed E-state index contributed by atoms with van der Waals surface area (Å²) in [5.41, 5.74) is 2.83. The average Bonchev–Trinajstić information content (AvgIpc) is 2.30. The summed E-state index contributed by atoms with van der Waals surface area (Å²) < 4.78 is 0. The Balaban J connectivity index is 2.43. The molecule has 0 fully saturated rings. The number of rotatable bonds is 2. The molecule has 0 amide bonds. The lowest BCUT2D eigenvalue weighted by Crippen LogP contribution is -1.93. The van der Waals surface area contributed by atoms with E-state index in [1.54, 1.807) is 6.07 Å². The Labute approximate surface area is 126 Å². The van der Waals surface area contributed by atoms with Crippen molar-refractivity contribution in [3.63, 3.8) is 0 Å². The van der Waals surface area contributed by atoms with Crippen molar-refractivity contribution < 1.29 is 0 Å². The fourth-order valence-corrected chi connectivity index (χ4v) is 2.73. The molecule has 0 N–H and O–H groups in total. The Kier molecular flexibility index (Phi) is 4.45. The van der Waals surface area contributed by atoms with Crippen molar-refractivity contribution in [3.05, 3.63) is 67.1 Å². The minimum absolute atomic E-state index is 0.593. The van der Waals surface area contributed by atoms with Crippen LogP contribution in [-0.2, 0) is 6.42 Å². The molecule has 0 nitrogen and oxygen atoms in total. The zero-order valence-electron chi connectivity index (χ0n) is 9.61. The lowest BCUT2D eigenvalue weighted by molar-refractivity contribution is 1.18. The molecule has 0 spiro atoms. The number of hydrogen-bond acceptors (Lipinski definition) is 0. The molecule has 2 aromatic carbocycles. The van der Waals surface area contributed by atoms with E-state index in [-0.39, 0.29) is 0 Å². The zero-order chi connectivity index (χ0) is 13.3. The topological polar surface area (TPSA) is 0 Å². The lowest BCUT2D eigenvalue weighted by atomic mass is 10.0. The van der Waals surface area contributed by atoms with Crippen LogP contribution in [0.4, 0.5) is 0 Å². The minimum Gasteiger partial charge on any atom is -0.0840 e. The first-order valence-electron chi connectivity index (χ1n) is 5.36. The van der Waals surface area contributed by atoms with Gasteiger partial charge in [-0.25, -0.2) is 0 Å².